The molecule has 0 radical (unpaired) electrons. The van der Waals surface area contributed by atoms with E-state index in [0.29, 0.717) is 12.5 Å². The van der Waals surface area contributed by atoms with Crippen molar-refractivity contribution in [1.29, 1.82) is 0 Å². The Morgan fingerprint density at radius 3 is 3.08 bits per heavy atom. The molecule has 1 N–H and O–H groups in total. The van der Waals surface area contributed by atoms with E-state index >= 15 is 0 Å². The molecule has 4 heterocycles. The number of carbonyl (C=O) groups is 1. The van der Waals surface area contributed by atoms with Crippen LogP contribution in [0, 0.1) is 12.8 Å². The molecular weight excluding hydrogens is 338 g/mol. The smallest absolute Gasteiger partial charge is 0.289 e. The van der Waals surface area contributed by atoms with Gasteiger partial charge in [0.1, 0.15) is 0 Å². The number of hydrogen-bond donors (Lipinski definition) is 1. The molecule has 2 fully saturated rings. The molecule has 0 bridgehead atoms. The summed E-state index contributed by atoms with van der Waals surface area (Å²) in [7, 11) is 0. The maximum absolute atomic E-state index is 11.9. The molecule has 2 aromatic heterocycles. The zero-order valence-corrected chi connectivity index (χ0v) is 15.2. The van der Waals surface area contributed by atoms with Crippen molar-refractivity contribution in [2.45, 2.75) is 31.9 Å². The quantitative estimate of drug-likeness (QED) is 0.856. The van der Waals surface area contributed by atoms with Gasteiger partial charge in [-0.2, -0.15) is 0 Å². The van der Waals surface area contributed by atoms with Crippen molar-refractivity contribution in [3.05, 3.63) is 39.9 Å². The first-order valence-corrected chi connectivity index (χ1v) is 9.62. The van der Waals surface area contributed by atoms with Crippen LogP contribution >= 0.6 is 11.3 Å². The fourth-order valence-corrected chi connectivity index (χ4v) is 4.86. The third-order valence-electron chi connectivity index (χ3n) is 5.36. The topological polar surface area (TPSA) is 67.6 Å². The van der Waals surface area contributed by atoms with Crippen molar-refractivity contribution in [2.24, 2.45) is 5.92 Å². The molecule has 0 aliphatic carbocycles. The number of ether oxygens (including phenoxy) is 1. The number of hydrogen-bond acceptors (Lipinski definition) is 6. The molecule has 0 aromatic carbocycles. The summed E-state index contributed by atoms with van der Waals surface area (Å²) in [4.78, 5) is 15.8. The van der Waals surface area contributed by atoms with Crippen LogP contribution in [0.2, 0.25) is 0 Å². The van der Waals surface area contributed by atoms with Crippen molar-refractivity contribution in [3.63, 3.8) is 0 Å². The van der Waals surface area contributed by atoms with E-state index in [0.717, 1.165) is 39.1 Å². The van der Waals surface area contributed by atoms with Gasteiger partial charge < -0.3 is 14.6 Å². The molecule has 1 spiro atoms. The Balaban J connectivity index is 1.26. The number of likely N-dealkylation sites (tertiary alicyclic amines) is 1. The van der Waals surface area contributed by atoms with Gasteiger partial charge in [0.15, 0.2) is 0 Å². The van der Waals surface area contributed by atoms with Gasteiger partial charge >= 0.3 is 0 Å². The van der Waals surface area contributed by atoms with Gasteiger partial charge in [0, 0.05) is 43.7 Å². The highest BCUT2D eigenvalue weighted by atomic mass is 32.1. The number of nitrogens with one attached hydrogen (secondary N) is 1. The Morgan fingerprint density at radius 2 is 2.36 bits per heavy atom. The molecule has 0 saturated carbocycles. The Morgan fingerprint density at radius 1 is 1.48 bits per heavy atom. The van der Waals surface area contributed by atoms with Crippen LogP contribution in [0.15, 0.2) is 28.2 Å². The molecule has 2 aromatic rings. The van der Waals surface area contributed by atoms with Gasteiger partial charge in [-0.1, -0.05) is 5.16 Å². The Labute approximate surface area is 151 Å². The molecule has 6 nitrogen and oxygen atoms in total. The van der Waals surface area contributed by atoms with Crippen molar-refractivity contribution >= 4 is 17.2 Å². The molecule has 7 heteroatoms. The molecule has 2 aliphatic rings. The van der Waals surface area contributed by atoms with Gasteiger partial charge in [-0.3, -0.25) is 9.69 Å². The largest absolute Gasteiger partial charge is 0.372 e. The van der Waals surface area contributed by atoms with E-state index in [1.54, 1.807) is 6.07 Å². The third-order valence-corrected chi connectivity index (χ3v) is 6.37. The van der Waals surface area contributed by atoms with E-state index in [9.17, 15) is 4.79 Å². The molecule has 2 aliphatic heterocycles. The van der Waals surface area contributed by atoms with E-state index in [4.69, 9.17) is 9.26 Å². The minimum absolute atomic E-state index is 0.0118. The number of thiophene rings is 1. The zero-order chi connectivity index (χ0) is 17.3. The van der Waals surface area contributed by atoms with Crippen LogP contribution < -0.4 is 5.32 Å². The third kappa shape index (κ3) is 3.36. The highest BCUT2D eigenvalue weighted by Gasteiger charge is 2.52. The summed E-state index contributed by atoms with van der Waals surface area (Å²) >= 11 is 1.83. The molecule has 1 unspecified atom stereocenters. The van der Waals surface area contributed by atoms with Crippen LogP contribution in [0.25, 0.3) is 0 Å². The Kier molecular flexibility index (Phi) is 4.62. The van der Waals surface area contributed by atoms with Gasteiger partial charge in [-0.15, -0.1) is 11.3 Å². The molecule has 134 valence electrons. The standard InChI is InChI=1S/C18H23N3O3S/c1-13-5-9-25-16(13)10-21-11-18(12-21)14(4-8-23-18)2-6-19-17(22)15-3-7-20-24-15/h3,5,7,9,14H,2,4,6,8,10-12H2,1H3,(H,19,22). The Hall–Kier alpha value is -1.70. The minimum Gasteiger partial charge on any atom is -0.372 e. The summed E-state index contributed by atoms with van der Waals surface area (Å²) in [6, 6.07) is 3.76. The van der Waals surface area contributed by atoms with Crippen molar-refractivity contribution < 1.29 is 14.1 Å². The van der Waals surface area contributed by atoms with Crippen LogP contribution in [0.5, 0.6) is 0 Å². The van der Waals surface area contributed by atoms with Gasteiger partial charge in [0.05, 0.1) is 11.8 Å². The van der Waals surface area contributed by atoms with Crippen LogP contribution in [-0.2, 0) is 11.3 Å². The maximum atomic E-state index is 11.9. The second kappa shape index (κ2) is 6.90. The van der Waals surface area contributed by atoms with Gasteiger partial charge in [0.2, 0.25) is 5.76 Å². The number of carbonyl (C=O) groups excluding carboxylic acids is 1. The van der Waals surface area contributed by atoms with Gasteiger partial charge in [-0.25, -0.2) is 0 Å². The predicted molar refractivity (Wildman–Crippen MR) is 94.6 cm³/mol. The lowest BCUT2D eigenvalue weighted by molar-refractivity contribution is -0.136. The first kappa shape index (κ1) is 16.8. The summed E-state index contributed by atoms with van der Waals surface area (Å²) in [5.74, 6) is 0.565. The number of amides is 1. The van der Waals surface area contributed by atoms with Crippen LogP contribution in [0.1, 0.15) is 33.8 Å². The number of aryl methyl sites for hydroxylation is 1. The molecule has 2 saturated heterocycles. The van der Waals surface area contributed by atoms with E-state index in [1.165, 1.54) is 16.6 Å². The first-order chi connectivity index (χ1) is 12.2. The number of nitrogens with zero attached hydrogens (tertiary/aromatic N) is 2. The fourth-order valence-electron chi connectivity index (χ4n) is 3.91. The fraction of sp³-hybridized carbons (Fsp3) is 0.556. The summed E-state index contributed by atoms with van der Waals surface area (Å²) in [6.45, 7) is 6.64. The van der Waals surface area contributed by atoms with Gasteiger partial charge in [-0.05, 0) is 42.7 Å². The summed E-state index contributed by atoms with van der Waals surface area (Å²) < 4.78 is 11.0. The first-order valence-electron chi connectivity index (χ1n) is 8.74. The number of rotatable bonds is 6. The lowest BCUT2D eigenvalue weighted by Gasteiger charge is -2.50. The van der Waals surface area contributed by atoms with Crippen LogP contribution in [0.4, 0.5) is 0 Å². The average molecular weight is 361 g/mol. The summed E-state index contributed by atoms with van der Waals surface area (Å²) in [5.41, 5.74) is 1.37. The van der Waals surface area contributed by atoms with Crippen molar-refractivity contribution in [3.8, 4) is 0 Å². The maximum Gasteiger partial charge on any atom is 0.289 e. The van der Waals surface area contributed by atoms with E-state index in [-0.39, 0.29) is 17.3 Å². The summed E-state index contributed by atoms with van der Waals surface area (Å²) in [6.07, 6.45) is 3.49. The van der Waals surface area contributed by atoms with E-state index in [2.05, 4.69) is 33.7 Å². The van der Waals surface area contributed by atoms with Crippen LogP contribution in [-0.4, -0.2) is 47.8 Å². The highest BCUT2D eigenvalue weighted by Crippen LogP contribution is 2.42. The molecule has 25 heavy (non-hydrogen) atoms. The van der Waals surface area contributed by atoms with E-state index in [1.807, 2.05) is 11.3 Å². The van der Waals surface area contributed by atoms with Gasteiger partial charge in [0.25, 0.3) is 5.91 Å². The lowest BCUT2D eigenvalue weighted by Crippen LogP contribution is -2.64. The van der Waals surface area contributed by atoms with Crippen molar-refractivity contribution in [1.82, 2.24) is 15.4 Å². The molecular formula is C18H23N3O3S. The second-order valence-electron chi connectivity index (χ2n) is 6.99. The zero-order valence-electron chi connectivity index (χ0n) is 14.4. The average Bonchev–Trinajstić information content (AvgIpc) is 3.29. The SMILES string of the molecule is Cc1ccsc1CN1CC2(C1)OCCC2CCNC(=O)c1ccno1. The lowest BCUT2D eigenvalue weighted by atomic mass is 9.79. The highest BCUT2D eigenvalue weighted by molar-refractivity contribution is 7.10. The molecule has 4 rings (SSSR count). The molecule has 1 atom stereocenters. The normalized spacial score (nSPS) is 22.2. The Bertz CT molecular complexity index is 722. The molecule has 1 amide bonds. The van der Waals surface area contributed by atoms with E-state index < -0.39 is 0 Å². The predicted octanol–water partition coefficient (Wildman–Crippen LogP) is 2.46. The summed E-state index contributed by atoms with van der Waals surface area (Å²) in [5, 5.41) is 8.63. The van der Waals surface area contributed by atoms with Crippen LogP contribution in [0.3, 0.4) is 0 Å². The van der Waals surface area contributed by atoms with Crippen molar-refractivity contribution in [2.75, 3.05) is 26.2 Å². The second-order valence-corrected chi connectivity index (χ2v) is 7.99. The monoisotopic (exact) mass is 361 g/mol. The minimum atomic E-state index is -0.200. The number of aromatic nitrogens is 1.